The summed E-state index contributed by atoms with van der Waals surface area (Å²) in [5, 5.41) is 12.3. The molecule has 2 saturated heterocycles. The van der Waals surface area contributed by atoms with Crippen LogP contribution in [-0.4, -0.2) is 80.1 Å². The summed E-state index contributed by atoms with van der Waals surface area (Å²) in [5.41, 5.74) is 1.50. The van der Waals surface area contributed by atoms with Gasteiger partial charge in [-0.3, -0.25) is 4.21 Å². The van der Waals surface area contributed by atoms with E-state index in [2.05, 4.69) is 25.1 Å². The lowest BCUT2D eigenvalue weighted by Gasteiger charge is -2.30. The van der Waals surface area contributed by atoms with Crippen molar-refractivity contribution in [3.63, 3.8) is 0 Å². The van der Waals surface area contributed by atoms with E-state index < -0.39 is 10.8 Å². The maximum absolute atomic E-state index is 11.8. The molecule has 2 aromatic heterocycles. The molecule has 0 unspecified atom stereocenters. The smallest absolute Gasteiger partial charge is 0.225 e. The Balaban J connectivity index is 1.75. The van der Waals surface area contributed by atoms with Crippen molar-refractivity contribution in [1.29, 1.82) is 0 Å². The van der Waals surface area contributed by atoms with Gasteiger partial charge < -0.3 is 20.2 Å². The Kier molecular flexibility index (Phi) is 6.16. The lowest BCUT2D eigenvalue weighted by Crippen LogP contribution is -2.38. The van der Waals surface area contributed by atoms with E-state index in [9.17, 15) is 4.21 Å². The fraction of sp³-hybridized carbons (Fsp3) is 0.667. The summed E-state index contributed by atoms with van der Waals surface area (Å²) in [5.74, 6) is 3.44. The molecule has 9 nitrogen and oxygen atoms in total. The van der Waals surface area contributed by atoms with Crippen LogP contribution in [0.15, 0.2) is 6.33 Å². The Morgan fingerprint density at radius 2 is 1.71 bits per heavy atom. The third-order valence-corrected chi connectivity index (χ3v) is 6.47. The first-order valence-corrected chi connectivity index (χ1v) is 11.5. The molecule has 2 aliphatic rings. The average Bonchev–Trinajstić information content (AvgIpc) is 2.74. The largest absolute Gasteiger partial charge is 0.396 e. The summed E-state index contributed by atoms with van der Waals surface area (Å²) < 4.78 is 11.8. The quantitative estimate of drug-likeness (QED) is 0.674. The molecule has 0 bridgehead atoms. The number of anilines is 3. The monoisotopic (exact) mass is 405 g/mol. The predicted octanol–water partition coefficient (Wildman–Crippen LogP) is 0.773. The highest BCUT2D eigenvalue weighted by Gasteiger charge is 2.24. The molecule has 10 heteroatoms. The Bertz CT molecular complexity index is 834. The molecule has 0 amide bonds. The second kappa shape index (κ2) is 8.95. The number of aromatic nitrogens is 4. The summed E-state index contributed by atoms with van der Waals surface area (Å²) in [6.45, 7) is 4.05. The zero-order valence-corrected chi connectivity index (χ0v) is 16.8. The van der Waals surface area contributed by atoms with Crippen molar-refractivity contribution >= 4 is 39.4 Å². The molecular weight excluding hydrogens is 378 g/mol. The summed E-state index contributed by atoms with van der Waals surface area (Å²) in [6.07, 6.45) is 5.79. The van der Waals surface area contributed by atoms with Gasteiger partial charge in [-0.25, -0.2) is 15.0 Å². The highest BCUT2D eigenvalue weighted by atomic mass is 32.2. The van der Waals surface area contributed by atoms with Crippen LogP contribution in [0, 0.1) is 0 Å². The van der Waals surface area contributed by atoms with E-state index in [0.717, 1.165) is 48.6 Å². The highest BCUT2D eigenvalue weighted by Crippen LogP contribution is 2.30. The Hall–Kier alpha value is -2.07. The van der Waals surface area contributed by atoms with Crippen LogP contribution in [0.3, 0.4) is 0 Å². The lowest BCUT2D eigenvalue weighted by molar-refractivity contribution is 0.292. The normalized spacial score (nSPS) is 18.6. The fourth-order valence-corrected chi connectivity index (χ4v) is 4.74. The van der Waals surface area contributed by atoms with Gasteiger partial charge in [0.05, 0.1) is 0 Å². The van der Waals surface area contributed by atoms with Crippen molar-refractivity contribution in [2.75, 3.05) is 66.0 Å². The molecule has 2 N–H and O–H groups in total. The third-order valence-electron chi connectivity index (χ3n) is 5.20. The number of piperidine rings is 1. The predicted molar refractivity (Wildman–Crippen MR) is 111 cm³/mol. The van der Waals surface area contributed by atoms with Gasteiger partial charge in [0.2, 0.25) is 5.95 Å². The van der Waals surface area contributed by atoms with Gasteiger partial charge in [-0.15, -0.1) is 0 Å². The number of aliphatic hydroxyl groups excluding tert-OH is 1. The van der Waals surface area contributed by atoms with Crippen LogP contribution in [0.1, 0.15) is 25.7 Å². The number of aliphatic hydroxyl groups is 1. The second-order valence-electron chi connectivity index (χ2n) is 7.15. The van der Waals surface area contributed by atoms with E-state index in [-0.39, 0.29) is 6.61 Å². The summed E-state index contributed by atoms with van der Waals surface area (Å²) in [4.78, 5) is 23.0. The van der Waals surface area contributed by atoms with Gasteiger partial charge >= 0.3 is 0 Å². The third kappa shape index (κ3) is 4.17. The highest BCUT2D eigenvalue weighted by molar-refractivity contribution is 7.85. The molecular formula is C18H27N7O2S. The summed E-state index contributed by atoms with van der Waals surface area (Å²) >= 11 is 0. The standard InChI is InChI=1S/C18H27N7O2S/c26-10-4-5-19-18-22-15-14(17(23-18)25-8-11-28(27)12-9-25)20-13-21-16(15)24-6-2-1-3-7-24/h13,26H,1-12H2,(H,19,22,23). The molecule has 2 fully saturated rings. The second-order valence-corrected chi connectivity index (χ2v) is 8.85. The first-order chi connectivity index (χ1) is 13.8. The Labute approximate surface area is 167 Å². The first-order valence-electron chi connectivity index (χ1n) is 9.98. The number of hydrogen-bond donors (Lipinski definition) is 2. The minimum Gasteiger partial charge on any atom is -0.396 e. The van der Waals surface area contributed by atoms with Crippen molar-refractivity contribution in [1.82, 2.24) is 19.9 Å². The van der Waals surface area contributed by atoms with Gasteiger partial charge in [0.25, 0.3) is 0 Å². The summed E-state index contributed by atoms with van der Waals surface area (Å²) in [6, 6.07) is 0. The van der Waals surface area contributed by atoms with Crippen molar-refractivity contribution < 1.29 is 9.32 Å². The SMILES string of the molecule is O=S1CCN(c2nc(NCCCO)nc3c(N4CCCCC4)ncnc23)CC1. The van der Waals surface area contributed by atoms with Crippen LogP contribution in [0.5, 0.6) is 0 Å². The van der Waals surface area contributed by atoms with Crippen LogP contribution in [0.2, 0.25) is 0 Å². The van der Waals surface area contributed by atoms with Crippen molar-refractivity contribution in [2.24, 2.45) is 0 Å². The molecule has 2 aliphatic heterocycles. The fourth-order valence-electron chi connectivity index (χ4n) is 3.69. The molecule has 0 aliphatic carbocycles. The zero-order valence-electron chi connectivity index (χ0n) is 16.0. The molecule has 0 spiro atoms. The van der Waals surface area contributed by atoms with E-state index >= 15 is 0 Å². The van der Waals surface area contributed by atoms with Crippen LogP contribution in [-0.2, 0) is 10.8 Å². The van der Waals surface area contributed by atoms with E-state index in [4.69, 9.17) is 15.1 Å². The molecule has 152 valence electrons. The van der Waals surface area contributed by atoms with Gasteiger partial charge in [-0.1, -0.05) is 0 Å². The Morgan fingerprint density at radius 3 is 2.46 bits per heavy atom. The minimum atomic E-state index is -0.758. The van der Waals surface area contributed by atoms with Crippen molar-refractivity contribution in [2.45, 2.75) is 25.7 Å². The molecule has 2 aromatic rings. The zero-order chi connectivity index (χ0) is 19.3. The average molecular weight is 406 g/mol. The van der Waals surface area contributed by atoms with Gasteiger partial charge in [0.15, 0.2) is 11.6 Å². The first kappa shape index (κ1) is 19.3. The van der Waals surface area contributed by atoms with E-state index in [1.807, 2.05) is 0 Å². The topological polar surface area (TPSA) is 107 Å². The van der Waals surface area contributed by atoms with Crippen LogP contribution < -0.4 is 15.1 Å². The molecule has 0 atom stereocenters. The van der Waals surface area contributed by atoms with Crippen molar-refractivity contribution in [3.8, 4) is 0 Å². The molecule has 28 heavy (non-hydrogen) atoms. The van der Waals surface area contributed by atoms with Gasteiger partial charge in [0.1, 0.15) is 17.4 Å². The molecule has 4 rings (SSSR count). The lowest BCUT2D eigenvalue weighted by atomic mass is 10.1. The Morgan fingerprint density at radius 1 is 0.964 bits per heavy atom. The molecule has 0 saturated carbocycles. The van der Waals surface area contributed by atoms with E-state index in [1.165, 1.54) is 6.42 Å². The molecule has 0 radical (unpaired) electrons. The maximum Gasteiger partial charge on any atom is 0.225 e. The number of nitrogens with one attached hydrogen (secondary N) is 1. The minimum absolute atomic E-state index is 0.119. The number of hydrogen-bond acceptors (Lipinski definition) is 9. The molecule has 0 aromatic carbocycles. The van der Waals surface area contributed by atoms with Crippen LogP contribution in [0.4, 0.5) is 17.6 Å². The number of rotatable bonds is 6. The maximum atomic E-state index is 11.8. The van der Waals surface area contributed by atoms with E-state index in [0.29, 0.717) is 43.5 Å². The van der Waals surface area contributed by atoms with Gasteiger partial charge in [-0.05, 0) is 25.7 Å². The van der Waals surface area contributed by atoms with Crippen molar-refractivity contribution in [3.05, 3.63) is 6.33 Å². The van der Waals surface area contributed by atoms with E-state index in [1.54, 1.807) is 6.33 Å². The number of nitrogens with zero attached hydrogens (tertiary/aromatic N) is 6. The number of fused-ring (bicyclic) bond motifs is 1. The molecule has 4 heterocycles. The van der Waals surface area contributed by atoms with Gasteiger partial charge in [0, 0.05) is 61.6 Å². The van der Waals surface area contributed by atoms with Crippen LogP contribution in [0.25, 0.3) is 11.0 Å². The van der Waals surface area contributed by atoms with Gasteiger partial charge in [-0.2, -0.15) is 4.98 Å². The van der Waals surface area contributed by atoms with Crippen LogP contribution >= 0.6 is 0 Å². The summed E-state index contributed by atoms with van der Waals surface area (Å²) in [7, 11) is -0.758.